The van der Waals surface area contributed by atoms with Crippen molar-refractivity contribution in [1.82, 2.24) is 9.97 Å². The Morgan fingerprint density at radius 1 is 0.558 bits per heavy atom. The van der Waals surface area contributed by atoms with Crippen LogP contribution in [0.5, 0.6) is 0 Å². The molecule has 0 aliphatic heterocycles. The summed E-state index contributed by atoms with van der Waals surface area (Å²) in [5.41, 5.74) is 10.1. The number of aliphatic hydroxyl groups is 1. The van der Waals surface area contributed by atoms with Crippen molar-refractivity contribution in [2.24, 2.45) is 22.7 Å². The predicted molar refractivity (Wildman–Crippen MR) is 368 cm³/mol. The number of carbonyl (C=O) groups excluding carboxylic acids is 1. The van der Waals surface area contributed by atoms with Gasteiger partial charge in [-0.3, -0.25) is 14.8 Å². The maximum atomic E-state index is 11.7. The van der Waals surface area contributed by atoms with E-state index in [1.165, 1.54) is 33.9 Å². The van der Waals surface area contributed by atoms with Gasteiger partial charge in [0.05, 0.1) is 5.76 Å². The van der Waals surface area contributed by atoms with Crippen LogP contribution >= 0.6 is 11.3 Å². The summed E-state index contributed by atoms with van der Waals surface area (Å²) in [4.78, 5) is 21.2. The van der Waals surface area contributed by atoms with Crippen LogP contribution in [0.3, 0.4) is 0 Å². The molecule has 0 fully saturated rings. The summed E-state index contributed by atoms with van der Waals surface area (Å²) >= 11 is 1.39. The van der Waals surface area contributed by atoms with Gasteiger partial charge in [-0.25, -0.2) is 0 Å². The van der Waals surface area contributed by atoms with Gasteiger partial charge in [-0.15, -0.1) is 69.6 Å². The third-order valence-electron chi connectivity index (χ3n) is 15.6. The quantitative estimate of drug-likeness (QED) is 0.0710. The number of ketones is 1. The molecule has 3 aromatic heterocycles. The van der Waals surface area contributed by atoms with Crippen molar-refractivity contribution in [1.29, 1.82) is 0 Å². The first-order chi connectivity index (χ1) is 43.0. The number of hydrogen-bond acceptors (Lipinski definition) is 5. The summed E-state index contributed by atoms with van der Waals surface area (Å²) in [6.45, 7) is 30.1. The van der Waals surface area contributed by atoms with E-state index in [4.69, 9.17) is 19.6 Å². The smallest absolute Gasteiger partial charge is 0.162 e. The minimum absolute atomic E-state index is 0. The van der Waals surface area contributed by atoms with Crippen LogP contribution in [0.4, 0.5) is 0 Å². The van der Waals surface area contributed by atoms with Gasteiger partial charge in [0, 0.05) is 86.2 Å². The van der Waals surface area contributed by atoms with Crippen LogP contribution in [0, 0.1) is 41.7 Å². The van der Waals surface area contributed by atoms with Crippen molar-refractivity contribution >= 4 is 58.8 Å². The summed E-state index contributed by atoms with van der Waals surface area (Å²) in [6.07, 6.45) is 5.31. The molecule has 10 rings (SSSR count). The van der Waals surface area contributed by atoms with E-state index in [1.54, 1.807) is 33.0 Å². The summed E-state index contributed by atoms with van der Waals surface area (Å²) in [7, 11) is 0. The molecular formula is C80H92IrN2O2S-2. The average Bonchev–Trinajstić information content (AvgIpc) is 1.63. The monoisotopic (exact) mass is 1340 g/mol. The number of pyridine rings is 2. The zero-order valence-corrected chi connectivity index (χ0v) is 56.7. The number of benzene rings is 7. The average molecular weight is 1340 g/mol. The number of thiophene rings is 1. The summed E-state index contributed by atoms with van der Waals surface area (Å²) in [5.74, 6) is 0.547. The number of allylic oxidation sites excluding steroid dienone is 2. The number of nitrogens with zero attached hydrogens (tertiary/aromatic N) is 2. The zero-order valence-electron chi connectivity index (χ0n) is 60.5. The molecule has 1 N–H and O–H groups in total. The summed E-state index contributed by atoms with van der Waals surface area (Å²) in [5, 5.41) is 16.0. The van der Waals surface area contributed by atoms with Crippen molar-refractivity contribution in [3.63, 3.8) is 0 Å². The van der Waals surface area contributed by atoms with E-state index in [-0.39, 0.29) is 65.4 Å². The number of fused-ring (bicyclic) bond motifs is 5. The largest absolute Gasteiger partial charge is 0.512 e. The first-order valence-electron chi connectivity index (χ1n) is 33.8. The van der Waals surface area contributed by atoms with Gasteiger partial charge in [0.2, 0.25) is 0 Å². The Bertz CT molecular complexity index is 4280. The van der Waals surface area contributed by atoms with Crippen LogP contribution in [0.2, 0.25) is 0 Å². The fourth-order valence-corrected chi connectivity index (χ4v) is 12.3. The molecule has 86 heavy (non-hydrogen) atoms. The molecule has 6 heteroatoms. The van der Waals surface area contributed by atoms with Crippen molar-refractivity contribution in [3.05, 3.63) is 204 Å². The number of aliphatic hydroxyl groups excluding tert-OH is 1. The van der Waals surface area contributed by atoms with Gasteiger partial charge in [0.25, 0.3) is 0 Å². The van der Waals surface area contributed by atoms with Crippen molar-refractivity contribution in [2.45, 2.75) is 167 Å². The van der Waals surface area contributed by atoms with E-state index >= 15 is 0 Å². The Morgan fingerprint density at radius 3 is 1.57 bits per heavy atom. The SMILES string of the molecule is CCC(CC)C(=O)/C=C(\O)C(CC)CC.[2H]C([2H])([2H])c1c(C([2H])([2H])C(C)(C)C)ccc2c1sc1c(-c3[c-]c4ccccc4c(C(C)(C)C)c3)nccc12.[2H]C([2H])(c1ccc(-c2ccc(-c3ccnc(-c4[c-]c5ccccc5c(C(C)(C)C)c4)c3)cc2)cc1)C(C)(C)C.[Ir]. The third kappa shape index (κ3) is 16.3. The van der Waals surface area contributed by atoms with Crippen molar-refractivity contribution in [2.75, 3.05) is 0 Å². The van der Waals surface area contributed by atoms with Gasteiger partial charge >= 0.3 is 0 Å². The van der Waals surface area contributed by atoms with Gasteiger partial charge in [0.15, 0.2) is 5.78 Å². The normalized spacial score (nSPS) is 14.0. The van der Waals surface area contributed by atoms with Crippen molar-refractivity contribution < 1.29 is 39.6 Å². The van der Waals surface area contributed by atoms with Gasteiger partial charge < -0.3 is 5.11 Å². The molecule has 1 radical (unpaired) electrons. The molecule has 0 aliphatic rings. The second kappa shape index (κ2) is 28.1. The number of aryl methyl sites for hydroxylation is 1. The zero-order chi connectivity index (χ0) is 67.7. The Hall–Kier alpha value is -6.56. The van der Waals surface area contributed by atoms with Gasteiger partial charge in [-0.05, 0) is 123 Å². The molecule has 0 atom stereocenters. The predicted octanol–water partition coefficient (Wildman–Crippen LogP) is 23.1. The van der Waals surface area contributed by atoms with Crippen molar-refractivity contribution in [3.8, 4) is 44.8 Å². The van der Waals surface area contributed by atoms with Crippen LogP contribution in [0.15, 0.2) is 164 Å². The summed E-state index contributed by atoms with van der Waals surface area (Å²) in [6, 6.07) is 54.3. The Morgan fingerprint density at radius 2 is 1.05 bits per heavy atom. The first kappa shape index (κ1) is 57.2. The molecule has 451 valence electrons. The molecule has 10 aromatic rings. The van der Waals surface area contributed by atoms with Gasteiger partial charge in [-0.2, -0.15) is 0 Å². The molecule has 0 saturated heterocycles. The number of carbonyl (C=O) groups is 1. The van der Waals surface area contributed by atoms with E-state index in [9.17, 15) is 9.90 Å². The Kier molecular flexibility index (Phi) is 18.7. The van der Waals surface area contributed by atoms with Crippen LogP contribution in [-0.2, 0) is 48.5 Å². The summed E-state index contributed by atoms with van der Waals surface area (Å²) < 4.78 is 61.6. The minimum Gasteiger partial charge on any atom is -0.512 e. The maximum Gasteiger partial charge on any atom is 0.162 e. The molecule has 0 aliphatic carbocycles. The molecule has 4 nitrogen and oxygen atoms in total. The minimum atomic E-state index is -2.48. The fourth-order valence-electron chi connectivity index (χ4n) is 11.0. The van der Waals surface area contributed by atoms with E-state index < -0.39 is 30.4 Å². The second-order valence-corrected chi connectivity index (χ2v) is 27.6. The van der Waals surface area contributed by atoms with E-state index in [0.717, 1.165) is 102 Å². The molecular weight excluding hydrogens is 1250 g/mol. The van der Waals surface area contributed by atoms with E-state index in [1.807, 2.05) is 109 Å². The van der Waals surface area contributed by atoms with Crippen LogP contribution in [0.1, 0.15) is 174 Å². The fraction of sp³-hybridized carbons (Fsp3) is 0.362. The van der Waals surface area contributed by atoms with Crippen LogP contribution in [0.25, 0.3) is 86.5 Å². The maximum absolute atomic E-state index is 11.7. The van der Waals surface area contributed by atoms with E-state index in [2.05, 4.69) is 133 Å². The molecule has 0 bridgehead atoms. The molecule has 0 amide bonds. The molecule has 3 heterocycles. The number of hydrogen-bond donors (Lipinski definition) is 1. The Labute approximate surface area is 543 Å². The van der Waals surface area contributed by atoms with Gasteiger partial charge in [-0.1, -0.05) is 236 Å². The molecule has 0 unspecified atom stereocenters. The van der Waals surface area contributed by atoms with Gasteiger partial charge in [0.1, 0.15) is 0 Å². The second-order valence-electron chi connectivity index (χ2n) is 26.6. The molecule has 7 aromatic carbocycles. The van der Waals surface area contributed by atoms with Crippen LogP contribution in [-0.4, -0.2) is 20.9 Å². The Balaban J connectivity index is 0.000000215. The third-order valence-corrected chi connectivity index (χ3v) is 16.8. The topological polar surface area (TPSA) is 63.1 Å². The first-order valence-corrected chi connectivity index (χ1v) is 31.2. The number of aromatic nitrogens is 2. The molecule has 0 spiro atoms. The van der Waals surface area contributed by atoms with E-state index in [0.29, 0.717) is 10.3 Å². The van der Waals surface area contributed by atoms with Crippen LogP contribution < -0.4 is 0 Å². The molecule has 0 saturated carbocycles. The number of rotatable bonds is 13. The standard InChI is InChI=1S/C36H36N.C31H32NS.C13H24O2.Ir/c1-35(2,3)24-25-11-13-26(14-12-25)27-15-17-28(18-16-27)29-19-20-37-34(23-29)31-21-30-9-7-8-10-32(30)33(22-31)36(4,5)6;1-19-21(18-30(2,3)4)12-13-24-25-14-15-32-27(29(25)33-28(19)24)22-16-20-10-8-9-11-23(20)26(17-22)31(5,6)7;1-5-10(6-2)12(14)9-13(15)11(7-3)8-4;/h7-20,22-23H,24H2,1-6H3;8-15,17H,18H2,1-7H3;9-11,14H,5-8H2,1-4H3;/q2*-1;;/b;;12-9-;/i24D2;1D3,18D2;;.